The predicted octanol–water partition coefficient (Wildman–Crippen LogP) is 1.79. The average molecular weight is 332 g/mol. The lowest BCUT2D eigenvalue weighted by molar-refractivity contribution is 0.369. The molecule has 0 radical (unpaired) electrons. The van der Waals surface area contributed by atoms with Gasteiger partial charge in [-0.2, -0.15) is 0 Å². The van der Waals surface area contributed by atoms with Gasteiger partial charge in [0.15, 0.2) is 0 Å². The largest absolute Gasteiger partial charge is 0.368 e. The molecule has 2 N–H and O–H groups in total. The van der Waals surface area contributed by atoms with Crippen LogP contribution < -0.4 is 10.6 Å². The lowest BCUT2D eigenvalue weighted by Crippen LogP contribution is -2.45. The molecule has 0 aromatic heterocycles. The van der Waals surface area contributed by atoms with Crippen molar-refractivity contribution in [2.75, 3.05) is 19.6 Å². The smallest absolute Gasteiger partial charge is 0.128 e. The number of amidine groups is 2. The number of hydrogen-bond donors (Lipinski definition) is 2. The SMILES string of the molecule is ClC1=CN2C(=NCC2C2CC=CC(NC3CCNCC3)=N2)C=C1. The molecular formula is C17H22ClN5. The van der Waals surface area contributed by atoms with E-state index in [2.05, 4.69) is 32.7 Å². The number of allylic oxidation sites excluding steroid dienone is 2. The number of halogens is 1. The summed E-state index contributed by atoms with van der Waals surface area (Å²) in [4.78, 5) is 11.8. The van der Waals surface area contributed by atoms with Crippen LogP contribution in [-0.4, -0.2) is 54.3 Å². The van der Waals surface area contributed by atoms with Crippen LogP contribution >= 0.6 is 11.6 Å². The van der Waals surface area contributed by atoms with Crippen LogP contribution in [0.5, 0.6) is 0 Å². The van der Waals surface area contributed by atoms with Gasteiger partial charge >= 0.3 is 0 Å². The van der Waals surface area contributed by atoms with Crippen molar-refractivity contribution in [1.29, 1.82) is 0 Å². The van der Waals surface area contributed by atoms with Crippen molar-refractivity contribution in [2.45, 2.75) is 37.4 Å². The average Bonchev–Trinajstić information content (AvgIpc) is 2.99. The number of rotatable bonds is 2. The van der Waals surface area contributed by atoms with Gasteiger partial charge in [0.25, 0.3) is 0 Å². The number of hydrogen-bond acceptors (Lipinski definition) is 5. The minimum atomic E-state index is 0.220. The summed E-state index contributed by atoms with van der Waals surface area (Å²) in [6.07, 6.45) is 13.5. The van der Waals surface area contributed by atoms with E-state index in [0.717, 1.165) is 55.6 Å². The second kappa shape index (κ2) is 6.49. The van der Waals surface area contributed by atoms with Gasteiger partial charge in [-0.25, -0.2) is 0 Å². The zero-order valence-corrected chi connectivity index (χ0v) is 13.8. The van der Waals surface area contributed by atoms with Crippen molar-refractivity contribution in [3.05, 3.63) is 35.5 Å². The zero-order chi connectivity index (χ0) is 15.6. The first-order valence-corrected chi connectivity index (χ1v) is 8.77. The minimum absolute atomic E-state index is 0.220. The normalized spacial score (nSPS) is 30.7. The number of dihydropyridines is 1. The first-order chi connectivity index (χ1) is 11.3. The van der Waals surface area contributed by atoms with Crippen molar-refractivity contribution in [3.63, 3.8) is 0 Å². The second-order valence-corrected chi connectivity index (χ2v) is 6.85. The third kappa shape index (κ3) is 3.21. The van der Waals surface area contributed by atoms with Gasteiger partial charge in [0.2, 0.25) is 0 Å². The monoisotopic (exact) mass is 331 g/mol. The molecule has 2 atom stereocenters. The number of fused-ring (bicyclic) bond motifs is 1. The lowest BCUT2D eigenvalue weighted by atomic mass is 10.0. The Hall–Kier alpha value is -1.59. The molecule has 2 unspecified atom stereocenters. The summed E-state index contributed by atoms with van der Waals surface area (Å²) < 4.78 is 0. The molecule has 0 aromatic carbocycles. The van der Waals surface area contributed by atoms with Crippen molar-refractivity contribution in [3.8, 4) is 0 Å². The summed E-state index contributed by atoms with van der Waals surface area (Å²) in [6, 6.07) is 1.01. The van der Waals surface area contributed by atoms with E-state index < -0.39 is 0 Å². The number of nitrogens with one attached hydrogen (secondary N) is 2. The van der Waals surface area contributed by atoms with Gasteiger partial charge in [0.05, 0.1) is 23.7 Å². The molecule has 6 heteroatoms. The summed E-state index contributed by atoms with van der Waals surface area (Å²) in [6.45, 7) is 2.95. The van der Waals surface area contributed by atoms with Crippen molar-refractivity contribution >= 4 is 23.3 Å². The standard InChI is InChI=1S/C17H22ClN5/c18-12-4-5-17-20-10-15(23(17)11-12)14-2-1-3-16(22-14)21-13-6-8-19-9-7-13/h1,3-5,11,13-15,19H,2,6-10H2,(H,21,22). The molecule has 0 saturated carbocycles. The highest BCUT2D eigenvalue weighted by atomic mass is 35.5. The Morgan fingerprint density at radius 1 is 1.22 bits per heavy atom. The van der Waals surface area contributed by atoms with Gasteiger partial charge in [-0.15, -0.1) is 0 Å². The number of nitrogens with zero attached hydrogens (tertiary/aromatic N) is 3. The van der Waals surface area contributed by atoms with Gasteiger partial charge in [-0.3, -0.25) is 9.98 Å². The Kier molecular flexibility index (Phi) is 4.23. The molecule has 0 aromatic rings. The fourth-order valence-electron chi connectivity index (χ4n) is 3.56. The van der Waals surface area contributed by atoms with Gasteiger partial charge in [-0.05, 0) is 50.6 Å². The van der Waals surface area contributed by atoms with Crippen LogP contribution in [0.1, 0.15) is 19.3 Å². The van der Waals surface area contributed by atoms with Crippen LogP contribution in [0.3, 0.4) is 0 Å². The fourth-order valence-corrected chi connectivity index (χ4v) is 3.73. The van der Waals surface area contributed by atoms with Crippen molar-refractivity contribution < 1.29 is 0 Å². The maximum atomic E-state index is 6.15. The van der Waals surface area contributed by atoms with Crippen LogP contribution in [0.4, 0.5) is 0 Å². The van der Waals surface area contributed by atoms with Crippen molar-refractivity contribution in [2.24, 2.45) is 9.98 Å². The predicted molar refractivity (Wildman–Crippen MR) is 95.0 cm³/mol. The summed E-state index contributed by atoms with van der Waals surface area (Å²) >= 11 is 6.15. The molecule has 122 valence electrons. The van der Waals surface area contributed by atoms with Crippen molar-refractivity contribution in [1.82, 2.24) is 15.5 Å². The van der Waals surface area contributed by atoms with E-state index in [-0.39, 0.29) is 12.1 Å². The molecule has 0 amide bonds. The highest BCUT2D eigenvalue weighted by molar-refractivity contribution is 6.32. The molecule has 0 spiro atoms. The Bertz CT molecular complexity index is 612. The fraction of sp³-hybridized carbons (Fsp3) is 0.529. The molecule has 5 nitrogen and oxygen atoms in total. The maximum absolute atomic E-state index is 6.15. The topological polar surface area (TPSA) is 52.0 Å². The molecule has 0 bridgehead atoms. The molecule has 1 saturated heterocycles. The van der Waals surface area contributed by atoms with Crippen LogP contribution in [-0.2, 0) is 0 Å². The van der Waals surface area contributed by atoms with E-state index in [1.165, 1.54) is 0 Å². The van der Waals surface area contributed by atoms with E-state index in [1.54, 1.807) is 0 Å². The minimum Gasteiger partial charge on any atom is -0.368 e. The third-order valence-corrected chi connectivity index (χ3v) is 5.03. The summed E-state index contributed by atoms with van der Waals surface area (Å²) in [5.41, 5.74) is 0. The highest BCUT2D eigenvalue weighted by Gasteiger charge is 2.33. The van der Waals surface area contributed by atoms with Crippen LogP contribution in [0.15, 0.2) is 45.5 Å². The Labute approximate surface area is 141 Å². The van der Waals surface area contributed by atoms with E-state index in [4.69, 9.17) is 16.6 Å². The molecule has 23 heavy (non-hydrogen) atoms. The molecule has 4 heterocycles. The number of piperidine rings is 1. The Morgan fingerprint density at radius 2 is 2.09 bits per heavy atom. The Balaban J connectivity index is 1.45. The third-order valence-electron chi connectivity index (χ3n) is 4.81. The summed E-state index contributed by atoms with van der Waals surface area (Å²) in [5.74, 6) is 2.02. The first-order valence-electron chi connectivity index (χ1n) is 8.39. The molecule has 1 fully saturated rings. The molecule has 4 aliphatic heterocycles. The number of aliphatic imine (C=N–C) groups is 2. The van der Waals surface area contributed by atoms with E-state index >= 15 is 0 Å². The lowest BCUT2D eigenvalue weighted by Gasteiger charge is -2.32. The van der Waals surface area contributed by atoms with Gasteiger partial charge in [-0.1, -0.05) is 17.7 Å². The quantitative estimate of drug-likeness (QED) is 0.811. The molecule has 4 aliphatic rings. The van der Waals surface area contributed by atoms with Gasteiger partial charge < -0.3 is 15.5 Å². The van der Waals surface area contributed by atoms with Crippen LogP contribution in [0, 0.1) is 0 Å². The molecule has 4 rings (SSSR count). The second-order valence-electron chi connectivity index (χ2n) is 6.41. The highest BCUT2D eigenvalue weighted by Crippen LogP contribution is 2.26. The van der Waals surface area contributed by atoms with Crippen LogP contribution in [0.2, 0.25) is 0 Å². The zero-order valence-electron chi connectivity index (χ0n) is 13.1. The van der Waals surface area contributed by atoms with E-state index in [9.17, 15) is 0 Å². The molecule has 0 aliphatic carbocycles. The molecular weight excluding hydrogens is 310 g/mol. The van der Waals surface area contributed by atoms with Gasteiger partial charge in [0.1, 0.15) is 11.7 Å². The van der Waals surface area contributed by atoms with E-state index in [1.807, 2.05) is 18.4 Å². The summed E-state index contributed by atoms with van der Waals surface area (Å²) in [7, 11) is 0. The Morgan fingerprint density at radius 3 is 2.96 bits per heavy atom. The van der Waals surface area contributed by atoms with Gasteiger partial charge in [0, 0.05) is 12.2 Å². The maximum Gasteiger partial charge on any atom is 0.128 e. The van der Waals surface area contributed by atoms with E-state index in [0.29, 0.717) is 6.04 Å². The first kappa shape index (κ1) is 15.0. The van der Waals surface area contributed by atoms with Crippen LogP contribution in [0.25, 0.3) is 0 Å². The summed E-state index contributed by atoms with van der Waals surface area (Å²) in [5, 5.41) is 7.75.